The van der Waals surface area contributed by atoms with E-state index in [9.17, 15) is 18.0 Å². The fourth-order valence-corrected chi connectivity index (χ4v) is 4.20. The fraction of sp³-hybridized carbons (Fsp3) is 0.429. The summed E-state index contributed by atoms with van der Waals surface area (Å²) in [6.07, 6.45) is 1.65. The van der Waals surface area contributed by atoms with Gasteiger partial charge in [0.15, 0.2) is 0 Å². The van der Waals surface area contributed by atoms with Gasteiger partial charge in [0.2, 0.25) is 5.91 Å². The summed E-state index contributed by atoms with van der Waals surface area (Å²) in [7, 11) is -4.12. The smallest absolute Gasteiger partial charge is 0.320 e. The van der Waals surface area contributed by atoms with Gasteiger partial charge >= 0.3 is 6.03 Å². The van der Waals surface area contributed by atoms with E-state index in [-0.39, 0.29) is 17.4 Å². The Kier molecular flexibility index (Phi) is 3.24. The van der Waals surface area contributed by atoms with Gasteiger partial charge in [-0.15, -0.1) is 0 Å². The Morgan fingerprint density at radius 2 is 1.81 bits per heavy atom. The van der Waals surface area contributed by atoms with Gasteiger partial charge in [0, 0.05) is 19.0 Å². The topological polar surface area (TPSA) is 74.8 Å². The highest BCUT2D eigenvalue weighted by atomic mass is 32.2. The lowest BCUT2D eigenvalue weighted by atomic mass is 10.1. The molecule has 2 aliphatic heterocycles. The Labute approximate surface area is 123 Å². The maximum atomic E-state index is 12.6. The first-order chi connectivity index (χ1) is 9.91. The fourth-order valence-electron chi connectivity index (χ4n) is 2.86. The van der Waals surface area contributed by atoms with Crippen LogP contribution in [0.15, 0.2) is 29.2 Å². The summed E-state index contributed by atoms with van der Waals surface area (Å²) >= 11 is 0. The highest BCUT2D eigenvalue weighted by molar-refractivity contribution is 7.90. The molecule has 112 valence electrons. The molecule has 21 heavy (non-hydrogen) atoms. The number of sulfonamides is 1. The average Bonchev–Trinajstić information content (AvgIpc) is 2.87. The molecule has 1 aromatic rings. The lowest BCUT2D eigenvalue weighted by molar-refractivity contribution is -0.127. The third kappa shape index (κ3) is 2.21. The molecule has 2 heterocycles. The first-order valence-electron chi connectivity index (χ1n) is 6.86. The van der Waals surface area contributed by atoms with E-state index in [1.807, 2.05) is 6.92 Å². The minimum atomic E-state index is -4.12. The van der Waals surface area contributed by atoms with Crippen molar-refractivity contribution in [2.45, 2.75) is 37.1 Å². The largest absolute Gasteiger partial charge is 0.341 e. The predicted molar refractivity (Wildman–Crippen MR) is 75.0 cm³/mol. The molecule has 7 heteroatoms. The molecule has 0 radical (unpaired) electrons. The van der Waals surface area contributed by atoms with Crippen molar-refractivity contribution in [3.05, 3.63) is 29.8 Å². The molecule has 1 atom stereocenters. The maximum Gasteiger partial charge on any atom is 0.341 e. The van der Waals surface area contributed by atoms with E-state index in [2.05, 4.69) is 0 Å². The Morgan fingerprint density at radius 1 is 1.14 bits per heavy atom. The lowest BCUT2D eigenvalue weighted by Crippen LogP contribution is -2.56. The number of hydrogen-bond donors (Lipinski definition) is 0. The molecule has 2 fully saturated rings. The number of nitrogens with zero attached hydrogens (tertiary/aromatic N) is 2. The third-order valence-electron chi connectivity index (χ3n) is 3.99. The van der Waals surface area contributed by atoms with E-state index < -0.39 is 22.0 Å². The van der Waals surface area contributed by atoms with Gasteiger partial charge in [-0.05, 0) is 31.9 Å². The molecule has 1 aromatic carbocycles. The van der Waals surface area contributed by atoms with Crippen LogP contribution in [0.4, 0.5) is 4.79 Å². The average molecular weight is 308 g/mol. The van der Waals surface area contributed by atoms with Crippen LogP contribution in [0.3, 0.4) is 0 Å². The van der Waals surface area contributed by atoms with E-state index in [4.69, 9.17) is 0 Å². The van der Waals surface area contributed by atoms with Crippen LogP contribution in [0.2, 0.25) is 0 Å². The summed E-state index contributed by atoms with van der Waals surface area (Å²) in [6, 6.07) is 5.26. The van der Waals surface area contributed by atoms with E-state index in [1.165, 1.54) is 17.0 Å². The molecule has 0 saturated carbocycles. The van der Waals surface area contributed by atoms with Crippen molar-refractivity contribution in [3.63, 3.8) is 0 Å². The van der Waals surface area contributed by atoms with E-state index >= 15 is 0 Å². The van der Waals surface area contributed by atoms with Crippen molar-refractivity contribution in [3.8, 4) is 0 Å². The normalized spacial score (nSPS) is 22.6. The number of aryl methyl sites for hydroxylation is 1. The molecule has 0 N–H and O–H groups in total. The van der Waals surface area contributed by atoms with Gasteiger partial charge in [-0.25, -0.2) is 13.2 Å². The van der Waals surface area contributed by atoms with Gasteiger partial charge < -0.3 is 4.90 Å². The van der Waals surface area contributed by atoms with Crippen molar-refractivity contribution >= 4 is 22.0 Å². The Balaban J connectivity index is 1.99. The highest BCUT2D eigenvalue weighted by Gasteiger charge is 2.46. The van der Waals surface area contributed by atoms with Crippen molar-refractivity contribution in [2.75, 3.05) is 6.54 Å². The summed E-state index contributed by atoms with van der Waals surface area (Å²) in [5.41, 5.74) is 0.907. The maximum absolute atomic E-state index is 12.6. The van der Waals surface area contributed by atoms with E-state index in [0.29, 0.717) is 10.8 Å². The molecule has 0 aromatic heterocycles. The number of rotatable bonds is 2. The number of amides is 3. The molecule has 0 aliphatic carbocycles. The van der Waals surface area contributed by atoms with Crippen molar-refractivity contribution < 1.29 is 18.0 Å². The summed E-state index contributed by atoms with van der Waals surface area (Å²) in [6.45, 7) is 2.35. The minimum absolute atomic E-state index is 0.0348. The van der Waals surface area contributed by atoms with Gasteiger partial charge in [0.05, 0.1) is 4.90 Å². The minimum Gasteiger partial charge on any atom is -0.320 e. The predicted octanol–water partition coefficient (Wildman–Crippen LogP) is 1.50. The van der Waals surface area contributed by atoms with Crippen LogP contribution < -0.4 is 0 Å². The summed E-state index contributed by atoms with van der Waals surface area (Å²) in [5, 5.41) is 0. The zero-order chi connectivity index (χ0) is 15.2. The molecular weight excluding hydrogens is 292 g/mol. The second-order valence-corrected chi connectivity index (χ2v) is 7.24. The van der Waals surface area contributed by atoms with Crippen molar-refractivity contribution in [2.24, 2.45) is 0 Å². The number of imide groups is 1. The molecule has 2 saturated heterocycles. The van der Waals surface area contributed by atoms with Gasteiger partial charge in [0.25, 0.3) is 10.0 Å². The number of benzene rings is 1. The van der Waals surface area contributed by atoms with Gasteiger partial charge in [-0.2, -0.15) is 4.31 Å². The quantitative estimate of drug-likeness (QED) is 0.830. The molecule has 2 aliphatic rings. The number of fused-ring (bicyclic) bond motifs is 1. The molecule has 0 unspecified atom stereocenters. The van der Waals surface area contributed by atoms with Crippen molar-refractivity contribution in [1.82, 2.24) is 9.21 Å². The molecule has 0 spiro atoms. The van der Waals surface area contributed by atoms with Gasteiger partial charge in [0.1, 0.15) is 0 Å². The number of hydrogen-bond acceptors (Lipinski definition) is 4. The lowest BCUT2D eigenvalue weighted by Gasteiger charge is -2.35. The van der Waals surface area contributed by atoms with Crippen LogP contribution in [-0.2, 0) is 14.8 Å². The molecule has 6 nitrogen and oxygen atoms in total. The van der Waals surface area contributed by atoms with Crippen LogP contribution >= 0.6 is 0 Å². The van der Waals surface area contributed by atoms with E-state index in [1.54, 1.807) is 12.1 Å². The summed E-state index contributed by atoms with van der Waals surface area (Å²) in [4.78, 5) is 25.9. The SMILES string of the molecule is Cc1ccc(S(=O)(=O)N2C(=O)C[C@@H]3CCCN3C2=O)cc1. The number of urea groups is 1. The zero-order valence-corrected chi connectivity index (χ0v) is 12.5. The monoisotopic (exact) mass is 308 g/mol. The second-order valence-electron chi connectivity index (χ2n) is 5.45. The van der Waals surface area contributed by atoms with Crippen LogP contribution in [-0.4, -0.2) is 42.1 Å². The van der Waals surface area contributed by atoms with Crippen LogP contribution in [0.5, 0.6) is 0 Å². The Bertz CT molecular complexity index is 696. The zero-order valence-electron chi connectivity index (χ0n) is 11.7. The first-order valence-corrected chi connectivity index (χ1v) is 8.31. The summed E-state index contributed by atoms with van der Waals surface area (Å²) < 4.78 is 25.6. The third-order valence-corrected chi connectivity index (χ3v) is 5.70. The number of carbonyl (C=O) groups excluding carboxylic acids is 2. The molecular formula is C14H16N2O4S. The van der Waals surface area contributed by atoms with E-state index in [0.717, 1.165) is 18.4 Å². The Hall–Kier alpha value is -1.89. The standard InChI is InChI=1S/C14H16N2O4S/c1-10-4-6-12(7-5-10)21(19,20)16-13(17)9-11-3-2-8-15(11)14(16)18/h4-7,11H,2-3,8-9H2,1H3/t11-/m0/s1. The first kappa shape index (κ1) is 14.1. The van der Waals surface area contributed by atoms with Gasteiger partial charge in [-0.1, -0.05) is 17.7 Å². The highest BCUT2D eigenvalue weighted by Crippen LogP contribution is 2.30. The molecule has 0 bridgehead atoms. The van der Waals surface area contributed by atoms with Crippen LogP contribution in [0.25, 0.3) is 0 Å². The van der Waals surface area contributed by atoms with Crippen LogP contribution in [0, 0.1) is 6.92 Å². The molecule has 3 rings (SSSR count). The van der Waals surface area contributed by atoms with Crippen LogP contribution in [0.1, 0.15) is 24.8 Å². The second kappa shape index (κ2) is 4.84. The Morgan fingerprint density at radius 3 is 2.48 bits per heavy atom. The van der Waals surface area contributed by atoms with Gasteiger partial charge in [-0.3, -0.25) is 4.79 Å². The van der Waals surface area contributed by atoms with Crippen molar-refractivity contribution in [1.29, 1.82) is 0 Å². The summed E-state index contributed by atoms with van der Waals surface area (Å²) in [5.74, 6) is -0.635. The number of carbonyl (C=O) groups is 2. The molecule has 3 amide bonds.